The summed E-state index contributed by atoms with van der Waals surface area (Å²) >= 11 is 1.20. The smallest absolute Gasteiger partial charge is 0.321 e. The molecule has 2 heterocycles. The van der Waals surface area contributed by atoms with Crippen LogP contribution in [0.25, 0.3) is 15.9 Å². The molecule has 2 aromatic heterocycles. The Bertz CT molecular complexity index is 1270. The van der Waals surface area contributed by atoms with Gasteiger partial charge in [0.05, 0.1) is 21.8 Å². The lowest BCUT2D eigenvalue weighted by atomic mass is 10.1. The van der Waals surface area contributed by atoms with Crippen LogP contribution in [0.5, 0.6) is 0 Å². The molecule has 0 saturated heterocycles. The van der Waals surface area contributed by atoms with Crippen LogP contribution < -0.4 is 5.32 Å². The van der Waals surface area contributed by atoms with E-state index in [0.717, 1.165) is 34.3 Å². The van der Waals surface area contributed by atoms with Gasteiger partial charge in [-0.15, -0.1) is 11.3 Å². The van der Waals surface area contributed by atoms with Crippen molar-refractivity contribution < 1.29 is 18.0 Å². The standard InChI is InChI=1S/C22H18F3N3OS/c1-12-7-8-13(2)18(9-12)26-20(29)19-11-17-14(3)27-28(21(17)30-19)16-6-4-5-15(10-16)22(23,24)25/h4-11H,1-3H3,(H,26,29). The SMILES string of the molecule is Cc1ccc(C)c(NC(=O)c2cc3c(C)nn(-c4cccc(C(F)(F)F)c4)c3s2)c1. The fourth-order valence-corrected chi connectivity index (χ4v) is 4.28. The number of amides is 1. The van der Waals surface area contributed by atoms with E-state index in [1.54, 1.807) is 19.1 Å². The second kappa shape index (κ2) is 7.28. The quantitative estimate of drug-likeness (QED) is 0.416. The summed E-state index contributed by atoms with van der Waals surface area (Å²) in [5.41, 5.74) is 2.90. The van der Waals surface area contributed by atoms with Gasteiger partial charge in [0, 0.05) is 11.1 Å². The van der Waals surface area contributed by atoms with Crippen LogP contribution in [0.2, 0.25) is 0 Å². The van der Waals surface area contributed by atoms with Crippen molar-refractivity contribution in [3.8, 4) is 5.69 Å². The minimum Gasteiger partial charge on any atom is -0.321 e. The second-order valence-corrected chi connectivity index (χ2v) is 8.18. The molecule has 0 aliphatic carbocycles. The lowest BCUT2D eigenvalue weighted by Gasteiger charge is -2.09. The topological polar surface area (TPSA) is 46.9 Å². The van der Waals surface area contributed by atoms with E-state index in [1.165, 1.54) is 22.1 Å². The molecule has 4 aromatic rings. The molecule has 1 amide bonds. The highest BCUT2D eigenvalue weighted by atomic mass is 32.1. The molecule has 30 heavy (non-hydrogen) atoms. The molecule has 0 fully saturated rings. The van der Waals surface area contributed by atoms with Crippen molar-refractivity contribution in [2.24, 2.45) is 0 Å². The van der Waals surface area contributed by atoms with Crippen LogP contribution in [0.4, 0.5) is 18.9 Å². The molecule has 0 atom stereocenters. The molecule has 2 aromatic carbocycles. The van der Waals surface area contributed by atoms with Crippen LogP contribution in [-0.2, 0) is 6.18 Å². The van der Waals surface area contributed by atoms with Crippen molar-refractivity contribution in [3.63, 3.8) is 0 Å². The molecular weight excluding hydrogens is 411 g/mol. The third kappa shape index (κ3) is 3.70. The molecule has 0 unspecified atom stereocenters. The molecule has 0 radical (unpaired) electrons. The average molecular weight is 429 g/mol. The Morgan fingerprint density at radius 1 is 1.07 bits per heavy atom. The van der Waals surface area contributed by atoms with E-state index in [4.69, 9.17) is 0 Å². The fourth-order valence-electron chi connectivity index (χ4n) is 3.20. The summed E-state index contributed by atoms with van der Waals surface area (Å²) in [4.78, 5) is 13.9. The Kier molecular flexibility index (Phi) is 4.89. The molecule has 4 rings (SSSR count). The van der Waals surface area contributed by atoms with Crippen LogP contribution >= 0.6 is 11.3 Å². The highest BCUT2D eigenvalue weighted by Crippen LogP contribution is 2.34. The van der Waals surface area contributed by atoms with Crippen molar-refractivity contribution in [1.82, 2.24) is 9.78 Å². The van der Waals surface area contributed by atoms with E-state index in [9.17, 15) is 18.0 Å². The van der Waals surface area contributed by atoms with Crippen molar-refractivity contribution in [3.05, 3.63) is 75.8 Å². The lowest BCUT2D eigenvalue weighted by Crippen LogP contribution is -2.11. The zero-order chi connectivity index (χ0) is 21.6. The third-order valence-electron chi connectivity index (χ3n) is 4.83. The van der Waals surface area contributed by atoms with Crippen LogP contribution in [0.15, 0.2) is 48.5 Å². The Morgan fingerprint density at radius 2 is 1.83 bits per heavy atom. The van der Waals surface area contributed by atoms with Crippen molar-refractivity contribution in [2.75, 3.05) is 5.32 Å². The van der Waals surface area contributed by atoms with Crippen molar-refractivity contribution in [1.29, 1.82) is 0 Å². The predicted octanol–water partition coefficient (Wildman–Crippen LogP) is 6.28. The van der Waals surface area contributed by atoms with Gasteiger partial charge in [-0.2, -0.15) is 18.3 Å². The number of aryl methyl sites for hydroxylation is 3. The molecule has 154 valence electrons. The molecule has 0 spiro atoms. The summed E-state index contributed by atoms with van der Waals surface area (Å²) < 4.78 is 40.8. The first-order valence-corrected chi connectivity index (χ1v) is 10.0. The summed E-state index contributed by atoms with van der Waals surface area (Å²) in [6.07, 6.45) is -4.44. The molecule has 0 aliphatic rings. The Balaban J connectivity index is 1.72. The molecule has 0 aliphatic heterocycles. The summed E-state index contributed by atoms with van der Waals surface area (Å²) in [5.74, 6) is -0.264. The number of fused-ring (bicyclic) bond motifs is 1. The number of benzene rings is 2. The summed E-state index contributed by atoms with van der Waals surface area (Å²) in [7, 11) is 0. The van der Waals surface area contributed by atoms with Gasteiger partial charge in [0.2, 0.25) is 0 Å². The van der Waals surface area contributed by atoms with Gasteiger partial charge in [-0.1, -0.05) is 18.2 Å². The first-order valence-electron chi connectivity index (χ1n) is 9.19. The largest absolute Gasteiger partial charge is 0.416 e. The number of hydrogen-bond donors (Lipinski definition) is 1. The average Bonchev–Trinajstić information content (AvgIpc) is 3.25. The van der Waals surface area contributed by atoms with Crippen LogP contribution in [0.1, 0.15) is 32.1 Å². The number of alkyl halides is 3. The number of nitrogens with one attached hydrogen (secondary N) is 1. The van der Waals surface area contributed by atoms with Crippen LogP contribution in [-0.4, -0.2) is 15.7 Å². The highest BCUT2D eigenvalue weighted by molar-refractivity contribution is 7.20. The maximum atomic E-state index is 13.1. The number of carbonyl (C=O) groups is 1. The normalized spacial score (nSPS) is 11.8. The number of thiophene rings is 1. The van der Waals surface area contributed by atoms with E-state index in [-0.39, 0.29) is 5.91 Å². The highest BCUT2D eigenvalue weighted by Gasteiger charge is 2.31. The Morgan fingerprint density at radius 3 is 2.57 bits per heavy atom. The Hall–Kier alpha value is -3.13. The monoisotopic (exact) mass is 429 g/mol. The number of carbonyl (C=O) groups excluding carboxylic acids is 1. The molecule has 0 saturated carbocycles. The van der Waals surface area contributed by atoms with Crippen LogP contribution in [0.3, 0.4) is 0 Å². The van der Waals surface area contributed by atoms with Gasteiger partial charge < -0.3 is 5.32 Å². The van der Waals surface area contributed by atoms with Crippen LogP contribution in [0, 0.1) is 20.8 Å². The number of rotatable bonds is 3. The van der Waals surface area contributed by atoms with E-state index >= 15 is 0 Å². The summed E-state index contributed by atoms with van der Waals surface area (Å²) in [5, 5.41) is 8.04. The van der Waals surface area contributed by atoms with E-state index in [2.05, 4.69) is 10.4 Å². The zero-order valence-corrected chi connectivity index (χ0v) is 17.3. The van der Waals surface area contributed by atoms with Gasteiger partial charge in [-0.05, 0) is 62.2 Å². The maximum absolute atomic E-state index is 13.1. The van der Waals surface area contributed by atoms with E-state index in [0.29, 0.717) is 21.1 Å². The third-order valence-corrected chi connectivity index (χ3v) is 5.94. The summed E-state index contributed by atoms with van der Waals surface area (Å²) in [6.45, 7) is 5.63. The number of anilines is 1. The lowest BCUT2D eigenvalue weighted by molar-refractivity contribution is -0.137. The number of halogens is 3. The molecule has 8 heteroatoms. The zero-order valence-electron chi connectivity index (χ0n) is 16.5. The molecular formula is C22H18F3N3OS. The first-order chi connectivity index (χ1) is 14.1. The first kappa shape index (κ1) is 20.2. The minimum absolute atomic E-state index is 0.264. The van der Waals surface area contributed by atoms with Crippen molar-refractivity contribution in [2.45, 2.75) is 26.9 Å². The van der Waals surface area contributed by atoms with Gasteiger partial charge in [0.25, 0.3) is 5.91 Å². The number of hydrogen-bond acceptors (Lipinski definition) is 3. The predicted molar refractivity (Wildman–Crippen MR) is 113 cm³/mol. The van der Waals surface area contributed by atoms with Crippen molar-refractivity contribution >= 4 is 33.1 Å². The van der Waals surface area contributed by atoms with Gasteiger partial charge in [0.1, 0.15) is 4.83 Å². The number of aromatic nitrogens is 2. The van der Waals surface area contributed by atoms with E-state index in [1.807, 2.05) is 32.0 Å². The Labute approximate surface area is 175 Å². The van der Waals surface area contributed by atoms with Gasteiger partial charge in [-0.25, -0.2) is 4.68 Å². The number of nitrogens with zero attached hydrogens (tertiary/aromatic N) is 2. The fraction of sp³-hybridized carbons (Fsp3) is 0.182. The van der Waals surface area contributed by atoms with Gasteiger partial charge in [-0.3, -0.25) is 4.79 Å². The molecule has 0 bridgehead atoms. The minimum atomic E-state index is -4.44. The maximum Gasteiger partial charge on any atom is 0.416 e. The van der Waals surface area contributed by atoms with Gasteiger partial charge >= 0.3 is 6.18 Å². The van der Waals surface area contributed by atoms with E-state index < -0.39 is 11.7 Å². The summed E-state index contributed by atoms with van der Waals surface area (Å²) in [6, 6.07) is 12.5. The molecule has 4 nitrogen and oxygen atoms in total. The van der Waals surface area contributed by atoms with Gasteiger partial charge in [0.15, 0.2) is 0 Å². The second-order valence-electron chi connectivity index (χ2n) is 7.15. The molecule has 1 N–H and O–H groups in total.